The SMILES string of the molecule is Cc1c(NCC(=O)N(C)c2ccccc2)cccc1NC(=O)C1CC1. The topological polar surface area (TPSA) is 61.4 Å². The van der Waals surface area contributed by atoms with Crippen LogP contribution in [-0.2, 0) is 9.59 Å². The average Bonchev–Trinajstić information content (AvgIpc) is 3.47. The van der Waals surface area contributed by atoms with Crippen molar-refractivity contribution in [2.75, 3.05) is 29.1 Å². The fraction of sp³-hybridized carbons (Fsp3) is 0.300. The van der Waals surface area contributed by atoms with E-state index >= 15 is 0 Å². The number of para-hydroxylation sites is 1. The highest BCUT2D eigenvalue weighted by molar-refractivity contribution is 5.97. The zero-order chi connectivity index (χ0) is 17.8. The van der Waals surface area contributed by atoms with E-state index in [1.807, 2.05) is 55.5 Å². The van der Waals surface area contributed by atoms with Gasteiger partial charge in [0.15, 0.2) is 0 Å². The van der Waals surface area contributed by atoms with Crippen molar-refractivity contribution in [1.82, 2.24) is 0 Å². The molecule has 2 aromatic carbocycles. The predicted octanol–water partition coefficient (Wildman–Crippen LogP) is 3.42. The van der Waals surface area contributed by atoms with Crippen molar-refractivity contribution < 1.29 is 9.59 Å². The zero-order valence-electron chi connectivity index (χ0n) is 14.6. The van der Waals surface area contributed by atoms with Gasteiger partial charge in [0.05, 0.1) is 6.54 Å². The van der Waals surface area contributed by atoms with E-state index < -0.39 is 0 Å². The molecule has 3 rings (SSSR count). The smallest absolute Gasteiger partial charge is 0.246 e. The normalized spacial score (nSPS) is 13.2. The number of carbonyl (C=O) groups is 2. The minimum atomic E-state index is -0.0296. The molecule has 2 N–H and O–H groups in total. The Morgan fingerprint density at radius 2 is 1.72 bits per heavy atom. The standard InChI is InChI=1S/C20H23N3O2/c1-14-17(9-6-10-18(14)22-20(25)15-11-12-15)21-13-19(24)23(2)16-7-4-3-5-8-16/h3-10,15,21H,11-13H2,1-2H3,(H,22,25). The number of nitrogens with zero attached hydrogens (tertiary/aromatic N) is 1. The Bertz CT molecular complexity index is 770. The van der Waals surface area contributed by atoms with Crippen LogP contribution in [-0.4, -0.2) is 25.4 Å². The maximum Gasteiger partial charge on any atom is 0.246 e. The number of hydrogen-bond acceptors (Lipinski definition) is 3. The lowest BCUT2D eigenvalue weighted by Gasteiger charge is -2.19. The number of anilines is 3. The molecule has 0 atom stereocenters. The van der Waals surface area contributed by atoms with Gasteiger partial charge in [-0.1, -0.05) is 24.3 Å². The molecule has 0 saturated heterocycles. The van der Waals surface area contributed by atoms with Gasteiger partial charge in [0.25, 0.3) is 0 Å². The van der Waals surface area contributed by atoms with Crippen LogP contribution in [0.5, 0.6) is 0 Å². The van der Waals surface area contributed by atoms with E-state index in [4.69, 9.17) is 0 Å². The summed E-state index contributed by atoms with van der Waals surface area (Å²) in [4.78, 5) is 26.0. The summed E-state index contributed by atoms with van der Waals surface area (Å²) in [6, 6.07) is 15.2. The van der Waals surface area contributed by atoms with E-state index in [2.05, 4.69) is 10.6 Å². The van der Waals surface area contributed by atoms with Crippen LogP contribution in [0.4, 0.5) is 17.1 Å². The number of nitrogens with one attached hydrogen (secondary N) is 2. The first kappa shape index (κ1) is 17.0. The third-order valence-corrected chi connectivity index (χ3v) is 4.49. The van der Waals surface area contributed by atoms with Crippen LogP contribution in [0.3, 0.4) is 0 Å². The first-order valence-corrected chi connectivity index (χ1v) is 8.52. The van der Waals surface area contributed by atoms with Gasteiger partial charge < -0.3 is 15.5 Å². The molecule has 1 fully saturated rings. The van der Waals surface area contributed by atoms with Crippen LogP contribution in [0.15, 0.2) is 48.5 Å². The van der Waals surface area contributed by atoms with Crippen molar-refractivity contribution in [3.8, 4) is 0 Å². The molecule has 0 heterocycles. The molecular formula is C20H23N3O2. The molecule has 0 bridgehead atoms. The Hall–Kier alpha value is -2.82. The number of likely N-dealkylation sites (N-methyl/N-ethyl adjacent to an activating group) is 1. The molecule has 0 spiro atoms. The maximum absolute atomic E-state index is 12.4. The van der Waals surface area contributed by atoms with Gasteiger partial charge in [-0.05, 0) is 49.6 Å². The summed E-state index contributed by atoms with van der Waals surface area (Å²) in [6.45, 7) is 2.13. The number of rotatable bonds is 6. The minimum Gasteiger partial charge on any atom is -0.376 e. The van der Waals surface area contributed by atoms with Gasteiger partial charge in [0, 0.05) is 30.0 Å². The maximum atomic E-state index is 12.4. The second kappa shape index (κ2) is 7.38. The van der Waals surface area contributed by atoms with E-state index in [9.17, 15) is 9.59 Å². The number of carbonyl (C=O) groups excluding carboxylic acids is 2. The summed E-state index contributed by atoms with van der Waals surface area (Å²) in [6.07, 6.45) is 1.95. The van der Waals surface area contributed by atoms with Crippen LogP contribution < -0.4 is 15.5 Å². The van der Waals surface area contributed by atoms with Crippen LogP contribution in [0.25, 0.3) is 0 Å². The number of amides is 2. The molecule has 0 aliphatic heterocycles. The molecule has 1 saturated carbocycles. The first-order chi connectivity index (χ1) is 12.1. The van der Waals surface area contributed by atoms with E-state index in [0.29, 0.717) is 0 Å². The second-order valence-electron chi connectivity index (χ2n) is 6.38. The van der Waals surface area contributed by atoms with E-state index in [1.165, 1.54) is 0 Å². The van der Waals surface area contributed by atoms with E-state index in [0.717, 1.165) is 35.5 Å². The van der Waals surface area contributed by atoms with Crippen LogP contribution >= 0.6 is 0 Å². The van der Waals surface area contributed by atoms with Crippen LogP contribution in [0.1, 0.15) is 18.4 Å². The Labute approximate surface area is 148 Å². The average molecular weight is 337 g/mol. The third-order valence-electron chi connectivity index (χ3n) is 4.49. The summed E-state index contributed by atoms with van der Waals surface area (Å²) in [7, 11) is 1.76. The molecule has 5 nitrogen and oxygen atoms in total. The molecule has 0 unspecified atom stereocenters. The summed E-state index contributed by atoms with van der Waals surface area (Å²) in [5.74, 6) is 0.218. The zero-order valence-corrected chi connectivity index (χ0v) is 14.6. The molecule has 5 heteroatoms. The van der Waals surface area contributed by atoms with Gasteiger partial charge in [-0.25, -0.2) is 0 Å². The quantitative estimate of drug-likeness (QED) is 0.849. The summed E-state index contributed by atoms with van der Waals surface area (Å²) in [5.41, 5.74) is 3.44. The predicted molar refractivity (Wildman–Crippen MR) is 101 cm³/mol. The molecule has 130 valence electrons. The van der Waals surface area contributed by atoms with Crippen LogP contribution in [0.2, 0.25) is 0 Å². The van der Waals surface area contributed by atoms with Gasteiger partial charge >= 0.3 is 0 Å². The lowest BCUT2D eigenvalue weighted by Crippen LogP contribution is -2.32. The second-order valence-corrected chi connectivity index (χ2v) is 6.38. The van der Waals surface area contributed by atoms with Gasteiger partial charge in [-0.15, -0.1) is 0 Å². The number of benzene rings is 2. The molecule has 1 aliphatic rings. The van der Waals surface area contributed by atoms with E-state index in [-0.39, 0.29) is 24.3 Å². The first-order valence-electron chi connectivity index (χ1n) is 8.52. The molecular weight excluding hydrogens is 314 g/mol. The van der Waals surface area contributed by atoms with Gasteiger partial charge in [0.2, 0.25) is 11.8 Å². The Kier molecular flexibility index (Phi) is 5.03. The lowest BCUT2D eigenvalue weighted by atomic mass is 10.1. The molecule has 0 radical (unpaired) electrons. The van der Waals surface area contributed by atoms with Crippen LogP contribution in [0, 0.1) is 12.8 Å². The highest BCUT2D eigenvalue weighted by atomic mass is 16.2. The van der Waals surface area contributed by atoms with Gasteiger partial charge in [-0.2, -0.15) is 0 Å². The van der Waals surface area contributed by atoms with Crippen molar-refractivity contribution in [3.63, 3.8) is 0 Å². The third kappa shape index (κ3) is 4.18. The highest BCUT2D eigenvalue weighted by Gasteiger charge is 2.29. The molecule has 0 aromatic heterocycles. The van der Waals surface area contributed by atoms with Gasteiger partial charge in [-0.3, -0.25) is 9.59 Å². The largest absolute Gasteiger partial charge is 0.376 e. The summed E-state index contributed by atoms with van der Waals surface area (Å²) in [5, 5.41) is 6.15. The van der Waals surface area contributed by atoms with E-state index in [1.54, 1.807) is 11.9 Å². The van der Waals surface area contributed by atoms with Crippen molar-refractivity contribution in [1.29, 1.82) is 0 Å². The van der Waals surface area contributed by atoms with Crippen molar-refractivity contribution in [2.45, 2.75) is 19.8 Å². The Morgan fingerprint density at radius 3 is 2.40 bits per heavy atom. The summed E-state index contributed by atoms with van der Waals surface area (Å²) < 4.78 is 0. The lowest BCUT2D eigenvalue weighted by molar-refractivity contribution is -0.117. The molecule has 1 aliphatic carbocycles. The Morgan fingerprint density at radius 1 is 1.04 bits per heavy atom. The number of hydrogen-bond donors (Lipinski definition) is 2. The highest BCUT2D eigenvalue weighted by Crippen LogP contribution is 2.31. The molecule has 2 aromatic rings. The fourth-order valence-electron chi connectivity index (χ4n) is 2.63. The Balaban J connectivity index is 1.62. The molecule has 2 amide bonds. The molecule has 25 heavy (non-hydrogen) atoms. The van der Waals surface area contributed by atoms with Crippen molar-refractivity contribution in [3.05, 3.63) is 54.1 Å². The monoisotopic (exact) mass is 337 g/mol. The van der Waals surface area contributed by atoms with Gasteiger partial charge in [0.1, 0.15) is 0 Å². The van der Waals surface area contributed by atoms with Crippen molar-refractivity contribution >= 4 is 28.9 Å². The minimum absolute atomic E-state index is 0.0296. The summed E-state index contributed by atoms with van der Waals surface area (Å²) >= 11 is 0. The van der Waals surface area contributed by atoms with Crippen molar-refractivity contribution in [2.24, 2.45) is 5.92 Å². The fourth-order valence-corrected chi connectivity index (χ4v) is 2.63.